The van der Waals surface area contributed by atoms with Crippen molar-refractivity contribution < 1.29 is 14.6 Å². The Morgan fingerprint density at radius 2 is 2.26 bits per heavy atom. The number of anilines is 1. The molecular formula is C13H17BrN2O3. The largest absolute Gasteiger partial charge is 0.386 e. The zero-order valence-electron chi connectivity index (χ0n) is 10.5. The normalized spacial score (nSPS) is 22.4. The molecule has 104 valence electrons. The Morgan fingerprint density at radius 1 is 1.47 bits per heavy atom. The lowest BCUT2D eigenvalue weighted by molar-refractivity contribution is -0.115. The second kappa shape index (κ2) is 6.47. The van der Waals surface area contributed by atoms with Crippen molar-refractivity contribution in [2.75, 3.05) is 31.6 Å². The van der Waals surface area contributed by atoms with Crippen molar-refractivity contribution in [1.82, 2.24) is 5.32 Å². The molecule has 1 fully saturated rings. The molecule has 0 saturated carbocycles. The zero-order chi connectivity index (χ0) is 13.7. The summed E-state index contributed by atoms with van der Waals surface area (Å²) in [6.07, 6.45) is 0.603. The number of hydrogen-bond donors (Lipinski definition) is 3. The summed E-state index contributed by atoms with van der Waals surface area (Å²) >= 11 is 3.36. The van der Waals surface area contributed by atoms with Crippen LogP contribution in [0.1, 0.15) is 6.42 Å². The van der Waals surface area contributed by atoms with Crippen LogP contribution in [-0.4, -0.2) is 42.9 Å². The molecule has 6 heteroatoms. The van der Waals surface area contributed by atoms with Crippen LogP contribution in [0.15, 0.2) is 28.7 Å². The van der Waals surface area contributed by atoms with E-state index in [9.17, 15) is 9.90 Å². The van der Waals surface area contributed by atoms with Gasteiger partial charge in [0.05, 0.1) is 18.8 Å². The number of amides is 1. The molecule has 0 aliphatic carbocycles. The topological polar surface area (TPSA) is 70.6 Å². The van der Waals surface area contributed by atoms with Crippen LogP contribution >= 0.6 is 15.9 Å². The third-order valence-electron chi connectivity index (χ3n) is 2.97. The van der Waals surface area contributed by atoms with Crippen LogP contribution in [0.5, 0.6) is 0 Å². The van der Waals surface area contributed by atoms with Crippen LogP contribution in [0.4, 0.5) is 5.69 Å². The van der Waals surface area contributed by atoms with Crippen LogP contribution in [0.3, 0.4) is 0 Å². The van der Waals surface area contributed by atoms with Gasteiger partial charge in [-0.1, -0.05) is 12.1 Å². The highest BCUT2D eigenvalue weighted by atomic mass is 79.9. The van der Waals surface area contributed by atoms with E-state index in [1.165, 1.54) is 0 Å². The first-order chi connectivity index (χ1) is 9.09. The molecule has 0 bridgehead atoms. The quantitative estimate of drug-likeness (QED) is 0.757. The fraction of sp³-hybridized carbons (Fsp3) is 0.462. The Bertz CT molecular complexity index is 447. The van der Waals surface area contributed by atoms with Crippen molar-refractivity contribution in [2.45, 2.75) is 12.0 Å². The molecule has 1 unspecified atom stereocenters. The van der Waals surface area contributed by atoms with E-state index in [2.05, 4.69) is 26.6 Å². The summed E-state index contributed by atoms with van der Waals surface area (Å²) in [4.78, 5) is 11.7. The third kappa shape index (κ3) is 4.28. The highest BCUT2D eigenvalue weighted by Crippen LogP contribution is 2.21. The van der Waals surface area contributed by atoms with Gasteiger partial charge in [-0.25, -0.2) is 0 Å². The highest BCUT2D eigenvalue weighted by molar-refractivity contribution is 9.10. The summed E-state index contributed by atoms with van der Waals surface area (Å²) in [7, 11) is 0. The summed E-state index contributed by atoms with van der Waals surface area (Å²) in [6.45, 7) is 1.41. The molecule has 1 heterocycles. The smallest absolute Gasteiger partial charge is 0.238 e. The number of aliphatic hydroxyl groups is 1. The van der Waals surface area contributed by atoms with E-state index in [4.69, 9.17) is 4.74 Å². The fourth-order valence-corrected chi connectivity index (χ4v) is 2.29. The zero-order valence-corrected chi connectivity index (χ0v) is 12.1. The SMILES string of the molecule is O=C(CNCC1(O)CCOC1)Nc1ccccc1Br. The Labute approximate surface area is 120 Å². The summed E-state index contributed by atoms with van der Waals surface area (Å²) in [6, 6.07) is 7.42. The maximum absolute atomic E-state index is 11.7. The number of carbonyl (C=O) groups excluding carboxylic acids is 1. The van der Waals surface area contributed by atoms with Crippen molar-refractivity contribution in [1.29, 1.82) is 0 Å². The number of carbonyl (C=O) groups is 1. The standard InChI is InChI=1S/C13H17BrN2O3/c14-10-3-1-2-4-11(10)16-12(17)7-15-8-13(18)5-6-19-9-13/h1-4,15,18H,5-9H2,(H,16,17). The molecule has 3 N–H and O–H groups in total. The summed E-state index contributed by atoms with van der Waals surface area (Å²) in [5.41, 5.74) is -0.106. The average Bonchev–Trinajstić information content (AvgIpc) is 2.79. The molecule has 0 spiro atoms. The minimum absolute atomic E-state index is 0.144. The molecule has 1 aliphatic rings. The molecule has 1 aromatic rings. The minimum Gasteiger partial charge on any atom is -0.386 e. The van der Waals surface area contributed by atoms with Gasteiger partial charge in [0.2, 0.25) is 5.91 Å². The van der Waals surface area contributed by atoms with Gasteiger partial charge in [0.1, 0.15) is 5.60 Å². The summed E-state index contributed by atoms with van der Waals surface area (Å²) < 4.78 is 5.97. The van der Waals surface area contributed by atoms with Crippen LogP contribution in [-0.2, 0) is 9.53 Å². The number of ether oxygens (including phenoxy) is 1. The molecule has 1 saturated heterocycles. The molecule has 1 aromatic carbocycles. The molecule has 1 aliphatic heterocycles. The van der Waals surface area contributed by atoms with Gasteiger partial charge in [0, 0.05) is 24.0 Å². The number of benzene rings is 1. The van der Waals surface area contributed by atoms with E-state index in [1.54, 1.807) is 0 Å². The lowest BCUT2D eigenvalue weighted by atomic mass is 10.0. The molecule has 0 aromatic heterocycles. The summed E-state index contributed by atoms with van der Waals surface area (Å²) in [5, 5.41) is 15.7. The molecule has 19 heavy (non-hydrogen) atoms. The van der Waals surface area contributed by atoms with Gasteiger partial charge < -0.3 is 20.5 Å². The van der Waals surface area contributed by atoms with Gasteiger partial charge in [0.15, 0.2) is 0 Å². The molecule has 2 rings (SSSR count). The van der Waals surface area contributed by atoms with E-state index in [-0.39, 0.29) is 12.5 Å². The van der Waals surface area contributed by atoms with Gasteiger partial charge in [-0.2, -0.15) is 0 Å². The maximum atomic E-state index is 11.7. The first kappa shape index (κ1) is 14.5. The first-order valence-electron chi connectivity index (χ1n) is 6.14. The van der Waals surface area contributed by atoms with Crippen molar-refractivity contribution in [3.05, 3.63) is 28.7 Å². The van der Waals surface area contributed by atoms with Gasteiger partial charge in [-0.3, -0.25) is 4.79 Å². The highest BCUT2D eigenvalue weighted by Gasteiger charge is 2.31. The predicted octanol–water partition coefficient (Wildman–Crippen LogP) is 1.13. The lowest BCUT2D eigenvalue weighted by Gasteiger charge is -2.20. The average molecular weight is 329 g/mol. The second-order valence-corrected chi connectivity index (χ2v) is 5.51. The number of nitrogens with one attached hydrogen (secondary N) is 2. The van der Waals surface area contributed by atoms with Crippen molar-refractivity contribution in [3.8, 4) is 0 Å². The van der Waals surface area contributed by atoms with Gasteiger partial charge >= 0.3 is 0 Å². The molecule has 0 radical (unpaired) electrons. The van der Waals surface area contributed by atoms with Gasteiger partial charge in [-0.05, 0) is 28.1 Å². The van der Waals surface area contributed by atoms with Crippen LogP contribution in [0.2, 0.25) is 0 Å². The first-order valence-corrected chi connectivity index (χ1v) is 6.94. The molecule has 5 nitrogen and oxygen atoms in total. The van der Waals surface area contributed by atoms with E-state index in [1.807, 2.05) is 24.3 Å². The van der Waals surface area contributed by atoms with Crippen LogP contribution in [0, 0.1) is 0 Å². The minimum atomic E-state index is -0.840. The monoisotopic (exact) mass is 328 g/mol. The van der Waals surface area contributed by atoms with Gasteiger partial charge in [0.25, 0.3) is 0 Å². The fourth-order valence-electron chi connectivity index (χ4n) is 1.90. The lowest BCUT2D eigenvalue weighted by Crippen LogP contribution is -2.43. The Balaban J connectivity index is 1.74. The second-order valence-electron chi connectivity index (χ2n) is 4.66. The number of hydrogen-bond acceptors (Lipinski definition) is 4. The van der Waals surface area contributed by atoms with Crippen LogP contribution in [0.25, 0.3) is 0 Å². The van der Waals surface area contributed by atoms with Crippen LogP contribution < -0.4 is 10.6 Å². The van der Waals surface area contributed by atoms with E-state index in [0.717, 1.165) is 10.2 Å². The van der Waals surface area contributed by atoms with Gasteiger partial charge in [-0.15, -0.1) is 0 Å². The van der Waals surface area contributed by atoms with E-state index < -0.39 is 5.60 Å². The Hall–Kier alpha value is -0.950. The van der Waals surface area contributed by atoms with Crippen molar-refractivity contribution in [2.24, 2.45) is 0 Å². The molecule has 1 amide bonds. The number of halogens is 1. The predicted molar refractivity (Wildman–Crippen MR) is 76.0 cm³/mol. The number of para-hydroxylation sites is 1. The summed E-state index contributed by atoms with van der Waals surface area (Å²) in [5.74, 6) is -0.144. The van der Waals surface area contributed by atoms with Crippen molar-refractivity contribution >= 4 is 27.5 Å². The third-order valence-corrected chi connectivity index (χ3v) is 3.66. The van der Waals surface area contributed by atoms with Crippen molar-refractivity contribution in [3.63, 3.8) is 0 Å². The Kier molecular flexibility index (Phi) is 4.93. The number of rotatable bonds is 5. The Morgan fingerprint density at radius 3 is 2.95 bits per heavy atom. The molecule has 1 atom stereocenters. The van der Waals surface area contributed by atoms with E-state index in [0.29, 0.717) is 26.2 Å². The molecular weight excluding hydrogens is 312 g/mol. The van der Waals surface area contributed by atoms with E-state index >= 15 is 0 Å². The maximum Gasteiger partial charge on any atom is 0.238 e.